The van der Waals surface area contributed by atoms with E-state index < -0.39 is 0 Å². The van der Waals surface area contributed by atoms with Crippen LogP contribution >= 0.6 is 0 Å². The van der Waals surface area contributed by atoms with Gasteiger partial charge >= 0.3 is 0 Å². The largest absolute Gasteiger partial charge is 1.00 e. The topological polar surface area (TPSA) is 20.1 Å². The smallest absolute Gasteiger partial charge is 0.209 e. The van der Waals surface area contributed by atoms with Crippen LogP contribution in [0.25, 0.3) is 0 Å². The average molecular weight is 423 g/mol. The van der Waals surface area contributed by atoms with E-state index in [0.29, 0.717) is 11.1 Å². The molecule has 2 aromatic rings. The fourth-order valence-corrected chi connectivity index (χ4v) is 3.03. The third kappa shape index (κ3) is 2.84. The van der Waals surface area contributed by atoms with Crippen molar-refractivity contribution in [1.29, 1.82) is 0 Å². The molecule has 0 saturated heterocycles. The van der Waals surface area contributed by atoms with Crippen LogP contribution < -0.4 is 24.0 Å². The average Bonchev–Trinajstić information content (AvgIpc) is 2.68. The van der Waals surface area contributed by atoms with Gasteiger partial charge in [0.25, 0.3) is 0 Å². The number of ketones is 1. The Morgan fingerprint density at radius 2 is 1.61 bits per heavy atom. The van der Waals surface area contributed by atoms with Gasteiger partial charge in [0.1, 0.15) is 12.9 Å². The molecule has 1 aliphatic heterocycles. The van der Waals surface area contributed by atoms with Crippen molar-refractivity contribution in [2.24, 2.45) is 0 Å². The molecule has 0 fully saturated rings. The minimum Gasteiger partial charge on any atom is -1.00 e. The van der Waals surface area contributed by atoms with Gasteiger partial charge in [-0.3, -0.25) is 4.79 Å². The second-order valence-electron chi connectivity index (χ2n) is 6.34. The normalized spacial score (nSPS) is 15.2. The molecule has 0 spiro atoms. The molecule has 0 unspecified atom stereocenters. The molecule has 4 heteroatoms. The van der Waals surface area contributed by atoms with Crippen molar-refractivity contribution < 1.29 is 37.7 Å². The number of benzene rings is 2. The maximum absolute atomic E-state index is 13.0. The number of nitrogens with zero attached hydrogens (tertiary/aromatic N) is 1. The third-order valence-corrected chi connectivity index (χ3v) is 4.81. The maximum Gasteiger partial charge on any atom is 0.209 e. The highest BCUT2D eigenvalue weighted by Gasteiger charge is 2.41. The summed E-state index contributed by atoms with van der Waals surface area (Å²) in [6.07, 6.45) is 0. The summed E-state index contributed by atoms with van der Waals surface area (Å²) in [5.74, 6) is -0.413. The number of halogens is 2. The van der Waals surface area contributed by atoms with Gasteiger partial charge in [-0.05, 0) is 50.2 Å². The van der Waals surface area contributed by atoms with Crippen molar-refractivity contribution in [2.75, 3.05) is 7.05 Å². The quantitative estimate of drug-likeness (QED) is 0.403. The first-order chi connectivity index (χ1) is 10.3. The van der Waals surface area contributed by atoms with Gasteiger partial charge in [-0.1, -0.05) is 0 Å². The first-order valence-corrected chi connectivity index (χ1v) is 7.35. The molecule has 0 radical (unpaired) electrons. The Balaban J connectivity index is 0.00000192. The van der Waals surface area contributed by atoms with Crippen LogP contribution in [0.1, 0.15) is 42.3 Å². The fraction of sp³-hybridized carbons (Fsp3) is 0.263. The predicted octanol–water partition coefficient (Wildman–Crippen LogP) is 1.09. The summed E-state index contributed by atoms with van der Waals surface area (Å²) in [7, 11) is 2.05. The summed E-state index contributed by atoms with van der Waals surface area (Å²) in [5, 5.41) is 0. The second kappa shape index (κ2) is 6.15. The Kier molecular flexibility index (Phi) is 4.76. The van der Waals surface area contributed by atoms with Crippen molar-refractivity contribution in [2.45, 2.75) is 26.2 Å². The van der Waals surface area contributed by atoms with Crippen LogP contribution in [0.3, 0.4) is 0 Å². The zero-order valence-corrected chi connectivity index (χ0v) is 15.8. The van der Waals surface area contributed by atoms with E-state index >= 15 is 0 Å². The first-order valence-electron chi connectivity index (χ1n) is 7.35. The summed E-state index contributed by atoms with van der Waals surface area (Å²) in [6.45, 7) is 6.44. The number of hydrogen-bond donors (Lipinski definition) is 0. The van der Waals surface area contributed by atoms with Gasteiger partial charge in [0.05, 0.1) is 5.41 Å². The van der Waals surface area contributed by atoms with Crippen LogP contribution in [0, 0.1) is 5.82 Å². The first kappa shape index (κ1) is 17.8. The van der Waals surface area contributed by atoms with Gasteiger partial charge in [0.2, 0.25) is 5.69 Å². The van der Waals surface area contributed by atoms with Crippen LogP contribution in [-0.4, -0.2) is 23.1 Å². The third-order valence-electron chi connectivity index (χ3n) is 4.81. The lowest BCUT2D eigenvalue weighted by Gasteiger charge is -2.15. The molecule has 1 heterocycles. The highest BCUT2D eigenvalue weighted by Crippen LogP contribution is 2.39. The van der Waals surface area contributed by atoms with Crippen molar-refractivity contribution in [1.82, 2.24) is 0 Å². The van der Waals surface area contributed by atoms with E-state index in [1.807, 2.05) is 25.2 Å². The number of carbonyl (C=O) groups excluding carboxylic acids is 1. The fourth-order valence-electron chi connectivity index (χ4n) is 3.03. The molecule has 1 aliphatic rings. The molecule has 0 bridgehead atoms. The van der Waals surface area contributed by atoms with Crippen LogP contribution in [-0.2, 0) is 5.41 Å². The SMILES string of the molecule is CC1=[N+](C)c2ccc(C(=O)c3ccc(F)cc3)cc2C1(C)C.[I-]. The van der Waals surface area contributed by atoms with Gasteiger partial charge in [-0.2, -0.15) is 0 Å². The summed E-state index contributed by atoms with van der Waals surface area (Å²) in [6, 6.07) is 11.5. The minimum atomic E-state index is -0.335. The van der Waals surface area contributed by atoms with Crippen LogP contribution in [0.2, 0.25) is 0 Å². The number of rotatable bonds is 2. The van der Waals surface area contributed by atoms with Gasteiger partial charge in [0, 0.05) is 29.7 Å². The number of carbonyl (C=O) groups is 1. The van der Waals surface area contributed by atoms with Crippen molar-refractivity contribution in [3.8, 4) is 0 Å². The zero-order chi connectivity index (χ0) is 16.1. The zero-order valence-electron chi connectivity index (χ0n) is 13.7. The van der Waals surface area contributed by atoms with Gasteiger partial charge in [-0.25, -0.2) is 8.97 Å². The molecular formula is C19H19FINO. The summed E-state index contributed by atoms with van der Waals surface area (Å²) in [4.78, 5) is 12.6. The van der Waals surface area contributed by atoms with E-state index in [1.54, 1.807) is 0 Å². The molecule has 0 saturated carbocycles. The van der Waals surface area contributed by atoms with Crippen LogP contribution in [0.5, 0.6) is 0 Å². The summed E-state index contributed by atoms with van der Waals surface area (Å²) >= 11 is 0. The Morgan fingerprint density at radius 1 is 1.04 bits per heavy atom. The summed E-state index contributed by atoms with van der Waals surface area (Å²) in [5.41, 5.74) is 4.60. The number of hydrogen-bond acceptors (Lipinski definition) is 1. The molecule has 23 heavy (non-hydrogen) atoms. The van der Waals surface area contributed by atoms with Crippen molar-refractivity contribution in [3.63, 3.8) is 0 Å². The monoisotopic (exact) mass is 423 g/mol. The van der Waals surface area contributed by atoms with Crippen molar-refractivity contribution in [3.05, 3.63) is 65.0 Å². The van der Waals surface area contributed by atoms with Crippen molar-refractivity contribution >= 4 is 17.2 Å². The molecule has 2 nitrogen and oxygen atoms in total. The van der Waals surface area contributed by atoms with E-state index in [2.05, 4.69) is 25.3 Å². The van der Waals surface area contributed by atoms with E-state index in [4.69, 9.17) is 0 Å². The molecule has 3 rings (SSSR count). The molecule has 120 valence electrons. The van der Waals surface area contributed by atoms with Crippen LogP contribution in [0.4, 0.5) is 10.1 Å². The predicted molar refractivity (Wildman–Crippen MR) is 85.8 cm³/mol. The Morgan fingerprint density at radius 3 is 2.22 bits per heavy atom. The molecular weight excluding hydrogens is 404 g/mol. The van der Waals surface area contributed by atoms with Gasteiger partial charge in [-0.15, -0.1) is 0 Å². The molecule has 0 amide bonds. The highest BCUT2D eigenvalue weighted by molar-refractivity contribution is 6.09. The molecule has 0 aromatic heterocycles. The van der Waals surface area contributed by atoms with E-state index in [9.17, 15) is 9.18 Å². The highest BCUT2D eigenvalue weighted by atomic mass is 127. The lowest BCUT2D eigenvalue weighted by atomic mass is 9.81. The molecule has 2 aromatic carbocycles. The van der Waals surface area contributed by atoms with Gasteiger partial charge < -0.3 is 24.0 Å². The lowest BCUT2D eigenvalue weighted by molar-refractivity contribution is -0.403. The van der Waals surface area contributed by atoms with Crippen LogP contribution in [0.15, 0.2) is 42.5 Å². The van der Waals surface area contributed by atoms with E-state index in [0.717, 1.165) is 11.3 Å². The second-order valence-corrected chi connectivity index (χ2v) is 6.34. The maximum atomic E-state index is 13.0. The Bertz CT molecular complexity index is 807. The minimum absolute atomic E-state index is 0. The standard InChI is InChI=1S/C19H19FNO.HI/c1-12-19(2,3)16-11-14(7-10-17(16)21(12)4)18(22)13-5-8-15(20)9-6-13;/h5-11H,1-4H3;1H/q+1;/p-1. The molecule has 0 N–H and O–H groups in total. The van der Waals surface area contributed by atoms with E-state index in [1.165, 1.54) is 30.0 Å². The van der Waals surface area contributed by atoms with E-state index in [-0.39, 0.29) is 41.0 Å². The Hall–Kier alpha value is -1.56. The number of fused-ring (bicyclic) bond motifs is 1. The molecule has 0 aliphatic carbocycles. The Labute approximate surface area is 153 Å². The summed E-state index contributed by atoms with van der Waals surface area (Å²) < 4.78 is 15.2. The van der Waals surface area contributed by atoms with Gasteiger partial charge in [0.15, 0.2) is 11.5 Å². The lowest BCUT2D eigenvalue weighted by Crippen LogP contribution is -3.00. The molecule has 0 atom stereocenters.